The van der Waals surface area contributed by atoms with Crippen LogP contribution in [-0.4, -0.2) is 42.6 Å². The summed E-state index contributed by atoms with van der Waals surface area (Å²) >= 11 is 0. The second-order valence-electron chi connectivity index (χ2n) is 6.41. The maximum Gasteiger partial charge on any atom is 0.305 e. The molecule has 1 unspecified atom stereocenters. The fourth-order valence-corrected chi connectivity index (χ4v) is 2.52. The quantitative estimate of drug-likeness (QED) is 0.150. The molecule has 0 N–H and O–H groups in total. The maximum atomic E-state index is 11.2. The van der Waals surface area contributed by atoms with Gasteiger partial charge in [0.05, 0.1) is 13.2 Å². The van der Waals surface area contributed by atoms with E-state index in [1.54, 1.807) is 11.8 Å². The lowest BCUT2D eigenvalue weighted by molar-refractivity contribution is -0.144. The van der Waals surface area contributed by atoms with Gasteiger partial charge in [-0.3, -0.25) is 14.5 Å². The summed E-state index contributed by atoms with van der Waals surface area (Å²) < 4.78 is 10.1. The molecule has 0 aliphatic rings. The zero-order chi connectivity index (χ0) is 20.3. The molecule has 0 aromatic heterocycles. The molecule has 6 nitrogen and oxygen atoms in total. The number of nitriles is 1. The third-order valence-electron chi connectivity index (χ3n) is 3.92. The van der Waals surface area contributed by atoms with Crippen molar-refractivity contribution in [2.24, 2.45) is 0 Å². The van der Waals surface area contributed by atoms with Crippen molar-refractivity contribution in [3.8, 4) is 18.0 Å². The highest BCUT2D eigenvalue weighted by Gasteiger charge is 2.08. The van der Waals surface area contributed by atoms with Gasteiger partial charge in [-0.05, 0) is 32.6 Å². The van der Waals surface area contributed by atoms with E-state index in [0.29, 0.717) is 26.1 Å². The summed E-state index contributed by atoms with van der Waals surface area (Å²) in [5.74, 6) is 5.46. The van der Waals surface area contributed by atoms with Crippen molar-refractivity contribution in [1.82, 2.24) is 4.90 Å². The summed E-state index contributed by atoms with van der Waals surface area (Å²) in [7, 11) is 0. The molecule has 0 aliphatic carbocycles. The minimum Gasteiger partial charge on any atom is -0.466 e. The second-order valence-corrected chi connectivity index (χ2v) is 6.41. The Morgan fingerprint density at radius 2 is 1.81 bits per heavy atom. The number of ether oxygens (including phenoxy) is 2. The van der Waals surface area contributed by atoms with E-state index < -0.39 is 6.10 Å². The Kier molecular flexibility index (Phi) is 15.8. The zero-order valence-corrected chi connectivity index (χ0v) is 17.1. The molecular weight excluding hydrogens is 344 g/mol. The summed E-state index contributed by atoms with van der Waals surface area (Å²) in [4.78, 5) is 24.0. The number of carbonyl (C=O) groups is 2. The monoisotopic (exact) mass is 378 g/mol. The smallest absolute Gasteiger partial charge is 0.305 e. The summed E-state index contributed by atoms with van der Waals surface area (Å²) in [6, 6.07) is 0. The average Bonchev–Trinajstić information content (AvgIpc) is 2.62. The molecule has 0 rings (SSSR count). The van der Waals surface area contributed by atoms with Crippen LogP contribution in [0.1, 0.15) is 78.6 Å². The molecule has 0 bridgehead atoms. The Morgan fingerprint density at radius 3 is 2.44 bits per heavy atom. The SMILES string of the molecule is CCCCCC(C#CCN(C#N)CCCCCCC(=O)OCC)OC(C)=O. The van der Waals surface area contributed by atoms with Crippen molar-refractivity contribution in [2.45, 2.75) is 84.7 Å². The highest BCUT2D eigenvalue weighted by molar-refractivity contribution is 5.69. The number of unbranched alkanes of at least 4 members (excludes halogenated alkanes) is 5. The Hall–Kier alpha value is -2.21. The van der Waals surface area contributed by atoms with Gasteiger partial charge in [-0.2, -0.15) is 5.26 Å². The fraction of sp³-hybridized carbons (Fsp3) is 0.762. The number of rotatable bonds is 14. The number of nitrogens with zero attached hydrogens (tertiary/aromatic N) is 2. The number of esters is 2. The van der Waals surface area contributed by atoms with Gasteiger partial charge < -0.3 is 9.47 Å². The molecule has 27 heavy (non-hydrogen) atoms. The van der Waals surface area contributed by atoms with Crippen molar-refractivity contribution in [3.05, 3.63) is 0 Å². The van der Waals surface area contributed by atoms with E-state index in [-0.39, 0.29) is 11.9 Å². The normalized spacial score (nSPS) is 10.9. The van der Waals surface area contributed by atoms with Gasteiger partial charge in [0.15, 0.2) is 12.3 Å². The fourth-order valence-electron chi connectivity index (χ4n) is 2.52. The molecule has 0 heterocycles. The van der Waals surface area contributed by atoms with Gasteiger partial charge in [-0.1, -0.05) is 44.4 Å². The van der Waals surface area contributed by atoms with Crippen LogP contribution >= 0.6 is 0 Å². The molecule has 0 aromatic rings. The lowest BCUT2D eigenvalue weighted by Crippen LogP contribution is -2.20. The van der Waals surface area contributed by atoms with Gasteiger partial charge in [0.25, 0.3) is 0 Å². The Labute approximate surface area is 164 Å². The lowest BCUT2D eigenvalue weighted by atomic mass is 10.1. The molecule has 0 radical (unpaired) electrons. The standard InChI is InChI=1S/C21H34N2O4/c1-4-6-9-13-20(27-19(3)24)14-12-17-23(18-22)16-11-8-7-10-15-21(25)26-5-2/h20H,4-11,13,15-17H2,1-3H3. The van der Waals surface area contributed by atoms with Crippen LogP contribution in [0.5, 0.6) is 0 Å². The topological polar surface area (TPSA) is 79.6 Å². The first-order chi connectivity index (χ1) is 13.0. The van der Waals surface area contributed by atoms with Crippen LogP contribution in [0.25, 0.3) is 0 Å². The van der Waals surface area contributed by atoms with E-state index in [1.807, 2.05) is 0 Å². The Bertz CT molecular complexity index is 517. The number of carbonyl (C=O) groups excluding carboxylic acids is 2. The van der Waals surface area contributed by atoms with Gasteiger partial charge in [0.1, 0.15) is 0 Å². The second kappa shape index (κ2) is 17.2. The van der Waals surface area contributed by atoms with Crippen molar-refractivity contribution in [3.63, 3.8) is 0 Å². The van der Waals surface area contributed by atoms with Gasteiger partial charge in [0, 0.05) is 19.9 Å². The highest BCUT2D eigenvalue weighted by atomic mass is 16.5. The van der Waals surface area contributed by atoms with Crippen LogP contribution in [0.4, 0.5) is 0 Å². The van der Waals surface area contributed by atoms with E-state index in [1.165, 1.54) is 6.92 Å². The molecule has 0 spiro atoms. The average molecular weight is 379 g/mol. The van der Waals surface area contributed by atoms with Crippen LogP contribution < -0.4 is 0 Å². The molecule has 0 amide bonds. The predicted molar refractivity (Wildman–Crippen MR) is 104 cm³/mol. The van der Waals surface area contributed by atoms with Crippen LogP contribution in [0.15, 0.2) is 0 Å². The first-order valence-corrected chi connectivity index (χ1v) is 9.99. The minimum absolute atomic E-state index is 0.146. The molecule has 0 aromatic carbocycles. The van der Waals surface area contributed by atoms with Crippen LogP contribution in [0.3, 0.4) is 0 Å². The molecule has 0 aliphatic heterocycles. The first kappa shape index (κ1) is 24.8. The third-order valence-corrected chi connectivity index (χ3v) is 3.92. The van der Waals surface area contributed by atoms with Crippen molar-refractivity contribution in [2.75, 3.05) is 19.7 Å². The van der Waals surface area contributed by atoms with Crippen molar-refractivity contribution < 1.29 is 19.1 Å². The summed E-state index contributed by atoms with van der Waals surface area (Å²) in [6.45, 7) is 6.71. The molecule has 6 heteroatoms. The van der Waals surface area contributed by atoms with E-state index in [2.05, 4.69) is 25.0 Å². The zero-order valence-electron chi connectivity index (χ0n) is 17.1. The first-order valence-electron chi connectivity index (χ1n) is 9.99. The Morgan fingerprint density at radius 1 is 1.07 bits per heavy atom. The van der Waals surface area contributed by atoms with Crippen LogP contribution in [0, 0.1) is 23.3 Å². The van der Waals surface area contributed by atoms with Gasteiger partial charge in [-0.15, -0.1) is 0 Å². The molecule has 152 valence electrons. The van der Waals surface area contributed by atoms with Crippen LogP contribution in [-0.2, 0) is 19.1 Å². The molecule has 0 saturated heterocycles. The molecular formula is C21H34N2O4. The van der Waals surface area contributed by atoms with E-state index >= 15 is 0 Å². The maximum absolute atomic E-state index is 11.2. The number of hydrogen-bond donors (Lipinski definition) is 0. The third kappa shape index (κ3) is 15.7. The van der Waals surface area contributed by atoms with Crippen LogP contribution in [0.2, 0.25) is 0 Å². The summed E-state index contributed by atoms with van der Waals surface area (Å²) in [5, 5.41) is 9.21. The van der Waals surface area contributed by atoms with Gasteiger partial charge in [-0.25, -0.2) is 0 Å². The lowest BCUT2D eigenvalue weighted by Gasteiger charge is -2.13. The minimum atomic E-state index is -0.391. The van der Waals surface area contributed by atoms with E-state index in [0.717, 1.165) is 51.4 Å². The number of hydrogen-bond acceptors (Lipinski definition) is 6. The van der Waals surface area contributed by atoms with E-state index in [4.69, 9.17) is 9.47 Å². The molecule has 1 atom stereocenters. The summed E-state index contributed by atoms with van der Waals surface area (Å²) in [5.41, 5.74) is 0. The van der Waals surface area contributed by atoms with Gasteiger partial charge >= 0.3 is 11.9 Å². The Balaban J connectivity index is 4.10. The largest absolute Gasteiger partial charge is 0.466 e. The van der Waals surface area contributed by atoms with Gasteiger partial charge in [0.2, 0.25) is 0 Å². The highest BCUT2D eigenvalue weighted by Crippen LogP contribution is 2.07. The van der Waals surface area contributed by atoms with E-state index in [9.17, 15) is 14.9 Å². The van der Waals surface area contributed by atoms with Crippen molar-refractivity contribution >= 4 is 11.9 Å². The molecule has 0 fully saturated rings. The summed E-state index contributed by atoms with van der Waals surface area (Å²) in [6.07, 6.45) is 9.68. The molecule has 0 saturated carbocycles. The van der Waals surface area contributed by atoms with Crippen molar-refractivity contribution in [1.29, 1.82) is 5.26 Å². The predicted octanol–water partition coefficient (Wildman–Crippen LogP) is 3.80.